The summed E-state index contributed by atoms with van der Waals surface area (Å²) >= 11 is 0. The Morgan fingerprint density at radius 3 is 2.50 bits per heavy atom. The van der Waals surface area contributed by atoms with E-state index in [0.29, 0.717) is 18.3 Å². The van der Waals surface area contributed by atoms with E-state index in [4.69, 9.17) is 0 Å². The summed E-state index contributed by atoms with van der Waals surface area (Å²) in [4.78, 5) is 29.5. The van der Waals surface area contributed by atoms with Crippen molar-refractivity contribution in [2.24, 2.45) is 5.92 Å². The molecule has 2 fully saturated rings. The van der Waals surface area contributed by atoms with Gasteiger partial charge in [0.2, 0.25) is 17.8 Å². The topological polar surface area (TPSA) is 74.2 Å². The van der Waals surface area contributed by atoms with Crippen molar-refractivity contribution in [1.29, 1.82) is 0 Å². The molecule has 22 heavy (non-hydrogen) atoms. The number of hydrogen-bond donors (Lipinski definition) is 1. The Morgan fingerprint density at radius 1 is 1.18 bits per heavy atom. The third-order valence-corrected chi connectivity index (χ3v) is 4.34. The van der Waals surface area contributed by atoms with Crippen LogP contribution in [0.1, 0.15) is 37.9 Å². The minimum Gasteiger partial charge on any atom is -0.349 e. The molecule has 1 aliphatic carbocycles. The van der Waals surface area contributed by atoms with Gasteiger partial charge in [0.05, 0.1) is 6.54 Å². The van der Waals surface area contributed by atoms with E-state index in [1.807, 2.05) is 19.0 Å². The molecule has 0 aromatic carbocycles. The molecule has 0 bridgehead atoms. The standard InChI is InChI=1S/C15H24N6O/c1-20(2)14-17-12(10-16-13(22)11-6-5-7-11)18-15(19-14)21-8-3-4-9-21/h11H,3-10H2,1-2H3,(H,16,22). The first kappa shape index (κ1) is 15.0. The molecular formula is C15H24N6O. The molecule has 7 heteroatoms. The number of carbonyl (C=O) groups is 1. The fourth-order valence-electron chi connectivity index (χ4n) is 2.71. The zero-order valence-corrected chi connectivity index (χ0v) is 13.4. The first-order chi connectivity index (χ1) is 10.6. The SMILES string of the molecule is CN(C)c1nc(CNC(=O)C2CCC2)nc(N2CCCC2)n1. The van der Waals surface area contributed by atoms with Crippen molar-refractivity contribution >= 4 is 17.8 Å². The smallest absolute Gasteiger partial charge is 0.230 e. The average molecular weight is 304 g/mol. The zero-order chi connectivity index (χ0) is 15.5. The third-order valence-electron chi connectivity index (χ3n) is 4.34. The molecule has 1 saturated heterocycles. The molecule has 120 valence electrons. The summed E-state index contributed by atoms with van der Waals surface area (Å²) in [6, 6.07) is 0. The molecule has 1 aliphatic heterocycles. The second-order valence-electron chi connectivity index (χ2n) is 6.29. The number of aromatic nitrogens is 3. The highest BCUT2D eigenvalue weighted by atomic mass is 16.1. The number of nitrogens with one attached hydrogen (secondary N) is 1. The van der Waals surface area contributed by atoms with Gasteiger partial charge in [0.25, 0.3) is 0 Å². The third kappa shape index (κ3) is 3.28. The lowest BCUT2D eigenvalue weighted by Crippen LogP contribution is -2.34. The summed E-state index contributed by atoms with van der Waals surface area (Å²) < 4.78 is 0. The lowest BCUT2D eigenvalue weighted by Gasteiger charge is -2.24. The van der Waals surface area contributed by atoms with Crippen LogP contribution in [0.2, 0.25) is 0 Å². The van der Waals surface area contributed by atoms with Crippen LogP contribution >= 0.6 is 0 Å². The molecule has 1 N–H and O–H groups in total. The van der Waals surface area contributed by atoms with Crippen molar-refractivity contribution in [1.82, 2.24) is 20.3 Å². The summed E-state index contributed by atoms with van der Waals surface area (Å²) in [7, 11) is 3.83. The van der Waals surface area contributed by atoms with Gasteiger partial charge in [-0.2, -0.15) is 15.0 Å². The van der Waals surface area contributed by atoms with Crippen molar-refractivity contribution in [3.05, 3.63) is 5.82 Å². The minimum absolute atomic E-state index is 0.126. The van der Waals surface area contributed by atoms with Gasteiger partial charge in [-0.25, -0.2) is 0 Å². The Balaban J connectivity index is 1.72. The number of rotatable bonds is 5. The molecular weight excluding hydrogens is 280 g/mol. The maximum absolute atomic E-state index is 12.0. The van der Waals surface area contributed by atoms with Gasteiger partial charge in [0.1, 0.15) is 0 Å². The molecule has 0 unspecified atom stereocenters. The Kier molecular flexibility index (Phi) is 4.40. The first-order valence-corrected chi connectivity index (χ1v) is 8.08. The predicted octanol–water partition coefficient (Wildman–Crippen LogP) is 0.954. The molecule has 2 aliphatic rings. The molecule has 2 heterocycles. The molecule has 1 aromatic rings. The number of carbonyl (C=O) groups excluding carboxylic acids is 1. The monoisotopic (exact) mass is 304 g/mol. The quantitative estimate of drug-likeness (QED) is 0.873. The molecule has 1 saturated carbocycles. The van der Waals surface area contributed by atoms with Crippen LogP contribution in [0.4, 0.5) is 11.9 Å². The second-order valence-corrected chi connectivity index (χ2v) is 6.29. The highest BCUT2D eigenvalue weighted by molar-refractivity contribution is 5.79. The van der Waals surface area contributed by atoms with Crippen LogP contribution in [0.15, 0.2) is 0 Å². The normalized spacial score (nSPS) is 18.2. The Bertz CT molecular complexity index is 537. The zero-order valence-electron chi connectivity index (χ0n) is 13.4. The molecule has 0 radical (unpaired) electrons. The Hall–Kier alpha value is -1.92. The summed E-state index contributed by atoms with van der Waals surface area (Å²) in [5, 5.41) is 2.96. The van der Waals surface area contributed by atoms with Crippen LogP contribution in [0, 0.1) is 5.92 Å². The van der Waals surface area contributed by atoms with Crippen LogP contribution < -0.4 is 15.1 Å². The van der Waals surface area contributed by atoms with Gasteiger partial charge in [-0.3, -0.25) is 4.79 Å². The molecule has 0 spiro atoms. The number of amides is 1. The predicted molar refractivity (Wildman–Crippen MR) is 84.8 cm³/mol. The number of anilines is 2. The molecule has 1 amide bonds. The van der Waals surface area contributed by atoms with Crippen LogP contribution in [-0.4, -0.2) is 48.0 Å². The van der Waals surface area contributed by atoms with Crippen LogP contribution in [-0.2, 0) is 11.3 Å². The van der Waals surface area contributed by atoms with Crippen LogP contribution in [0.25, 0.3) is 0 Å². The van der Waals surface area contributed by atoms with Crippen molar-refractivity contribution in [3.8, 4) is 0 Å². The summed E-state index contributed by atoms with van der Waals surface area (Å²) in [5.74, 6) is 2.32. The van der Waals surface area contributed by atoms with Gasteiger partial charge in [0, 0.05) is 33.1 Å². The van der Waals surface area contributed by atoms with Crippen molar-refractivity contribution < 1.29 is 4.79 Å². The summed E-state index contributed by atoms with van der Waals surface area (Å²) in [6.45, 7) is 2.36. The lowest BCUT2D eigenvalue weighted by atomic mass is 9.85. The van der Waals surface area contributed by atoms with Gasteiger partial charge in [-0.15, -0.1) is 0 Å². The fourth-order valence-corrected chi connectivity index (χ4v) is 2.71. The van der Waals surface area contributed by atoms with E-state index >= 15 is 0 Å². The second kappa shape index (κ2) is 6.46. The highest BCUT2D eigenvalue weighted by Gasteiger charge is 2.25. The maximum Gasteiger partial charge on any atom is 0.230 e. The Labute approximate surface area is 131 Å². The van der Waals surface area contributed by atoms with Gasteiger partial charge < -0.3 is 15.1 Å². The number of hydrogen-bond acceptors (Lipinski definition) is 6. The maximum atomic E-state index is 12.0. The lowest BCUT2D eigenvalue weighted by molar-refractivity contribution is -0.127. The molecule has 7 nitrogen and oxygen atoms in total. The first-order valence-electron chi connectivity index (χ1n) is 8.08. The van der Waals surface area contributed by atoms with Crippen molar-refractivity contribution in [2.45, 2.75) is 38.6 Å². The van der Waals surface area contributed by atoms with Gasteiger partial charge in [0.15, 0.2) is 5.82 Å². The summed E-state index contributed by atoms with van der Waals surface area (Å²) in [6.07, 6.45) is 5.53. The van der Waals surface area contributed by atoms with E-state index in [0.717, 1.165) is 38.3 Å². The summed E-state index contributed by atoms with van der Waals surface area (Å²) in [5.41, 5.74) is 0. The fraction of sp³-hybridized carbons (Fsp3) is 0.733. The van der Waals surface area contributed by atoms with Crippen LogP contribution in [0.5, 0.6) is 0 Å². The average Bonchev–Trinajstić information content (AvgIpc) is 2.97. The Morgan fingerprint density at radius 2 is 1.91 bits per heavy atom. The van der Waals surface area contributed by atoms with Gasteiger partial charge in [-0.05, 0) is 25.7 Å². The van der Waals surface area contributed by atoms with E-state index in [2.05, 4.69) is 25.2 Å². The van der Waals surface area contributed by atoms with E-state index in [-0.39, 0.29) is 11.8 Å². The van der Waals surface area contributed by atoms with Crippen molar-refractivity contribution in [2.75, 3.05) is 37.0 Å². The van der Waals surface area contributed by atoms with Crippen molar-refractivity contribution in [3.63, 3.8) is 0 Å². The van der Waals surface area contributed by atoms with E-state index in [1.54, 1.807) is 0 Å². The minimum atomic E-state index is 0.126. The van der Waals surface area contributed by atoms with Crippen LogP contribution in [0.3, 0.4) is 0 Å². The molecule has 3 rings (SSSR count). The molecule has 0 atom stereocenters. The van der Waals surface area contributed by atoms with E-state index in [9.17, 15) is 4.79 Å². The van der Waals surface area contributed by atoms with E-state index in [1.165, 1.54) is 12.8 Å². The van der Waals surface area contributed by atoms with Gasteiger partial charge in [-0.1, -0.05) is 6.42 Å². The largest absolute Gasteiger partial charge is 0.349 e. The number of nitrogens with zero attached hydrogens (tertiary/aromatic N) is 5. The van der Waals surface area contributed by atoms with Gasteiger partial charge >= 0.3 is 0 Å². The molecule has 1 aromatic heterocycles. The highest BCUT2D eigenvalue weighted by Crippen LogP contribution is 2.26. The van der Waals surface area contributed by atoms with E-state index < -0.39 is 0 Å².